The van der Waals surface area contributed by atoms with Crippen LogP contribution in [0.15, 0.2) is 18.2 Å². The maximum atomic E-state index is 12.2. The maximum Gasteiger partial charge on any atom is 0.255 e. The van der Waals surface area contributed by atoms with Crippen molar-refractivity contribution in [2.45, 2.75) is 6.42 Å². The topological polar surface area (TPSA) is 66.6 Å². The van der Waals surface area contributed by atoms with Gasteiger partial charge in [-0.25, -0.2) is 0 Å². The second-order valence-corrected chi connectivity index (χ2v) is 4.68. The molecule has 1 amide bonds. The number of amides is 1. The van der Waals surface area contributed by atoms with Gasteiger partial charge in [-0.05, 0) is 18.6 Å². The van der Waals surface area contributed by atoms with Gasteiger partial charge in [0.15, 0.2) is 0 Å². The molecule has 0 aromatic heterocycles. The summed E-state index contributed by atoms with van der Waals surface area (Å²) in [7, 11) is 0. The molecule has 2 rings (SSSR count). The Balaban J connectivity index is 2.18. The standard InChI is InChI=1S/C12H15ClN2O2/c13-11-9(2-1-3-10(11)14)12(17)15-5-4-8(6-15)7-16/h1-3,8,16H,4-7,14H2. The summed E-state index contributed by atoms with van der Waals surface area (Å²) in [6.45, 7) is 1.37. The van der Waals surface area contributed by atoms with E-state index in [1.54, 1.807) is 23.1 Å². The number of aliphatic hydroxyl groups is 1. The Labute approximate surface area is 105 Å². The van der Waals surface area contributed by atoms with Gasteiger partial charge in [-0.1, -0.05) is 17.7 Å². The van der Waals surface area contributed by atoms with Crippen LogP contribution in [0.25, 0.3) is 0 Å². The number of carbonyl (C=O) groups excluding carboxylic acids is 1. The summed E-state index contributed by atoms with van der Waals surface area (Å²) in [5.41, 5.74) is 6.52. The molecule has 1 atom stereocenters. The van der Waals surface area contributed by atoms with Gasteiger partial charge in [-0.15, -0.1) is 0 Å². The lowest BCUT2D eigenvalue weighted by Gasteiger charge is -2.17. The van der Waals surface area contributed by atoms with Crippen LogP contribution in [0.1, 0.15) is 16.8 Å². The average molecular weight is 255 g/mol. The normalized spacial score (nSPS) is 19.6. The Bertz CT molecular complexity index is 437. The van der Waals surface area contributed by atoms with Gasteiger partial charge in [0.2, 0.25) is 0 Å². The fourth-order valence-electron chi connectivity index (χ4n) is 2.05. The second-order valence-electron chi connectivity index (χ2n) is 4.30. The number of nitrogens with zero attached hydrogens (tertiary/aromatic N) is 1. The van der Waals surface area contributed by atoms with Crippen molar-refractivity contribution in [2.24, 2.45) is 5.92 Å². The van der Waals surface area contributed by atoms with E-state index in [4.69, 9.17) is 22.4 Å². The number of hydrogen-bond acceptors (Lipinski definition) is 3. The lowest BCUT2D eigenvalue weighted by atomic mass is 10.1. The van der Waals surface area contributed by atoms with Crippen LogP contribution in [0, 0.1) is 5.92 Å². The Morgan fingerprint density at radius 1 is 1.59 bits per heavy atom. The Kier molecular flexibility index (Phi) is 3.54. The quantitative estimate of drug-likeness (QED) is 0.784. The highest BCUT2D eigenvalue weighted by Crippen LogP contribution is 2.26. The molecule has 0 aliphatic carbocycles. The minimum atomic E-state index is -0.113. The largest absolute Gasteiger partial charge is 0.398 e. The molecular weight excluding hydrogens is 240 g/mol. The summed E-state index contributed by atoms with van der Waals surface area (Å²) in [4.78, 5) is 13.9. The first-order valence-electron chi connectivity index (χ1n) is 5.57. The fourth-order valence-corrected chi connectivity index (χ4v) is 2.26. The molecule has 92 valence electrons. The van der Waals surface area contributed by atoms with E-state index in [1.807, 2.05) is 0 Å². The monoisotopic (exact) mass is 254 g/mol. The molecular formula is C12H15ClN2O2. The lowest BCUT2D eigenvalue weighted by molar-refractivity contribution is 0.0782. The molecule has 0 radical (unpaired) electrons. The van der Waals surface area contributed by atoms with Crippen LogP contribution in [-0.2, 0) is 0 Å². The molecule has 1 unspecified atom stereocenters. The molecule has 5 heteroatoms. The summed E-state index contributed by atoms with van der Waals surface area (Å²) in [5, 5.41) is 9.36. The number of hydrogen-bond donors (Lipinski definition) is 2. The number of likely N-dealkylation sites (tertiary alicyclic amines) is 1. The van der Waals surface area contributed by atoms with Crippen LogP contribution in [0.4, 0.5) is 5.69 Å². The van der Waals surface area contributed by atoms with Crippen LogP contribution in [0.3, 0.4) is 0 Å². The van der Waals surface area contributed by atoms with Gasteiger partial charge < -0.3 is 15.7 Å². The number of halogens is 1. The molecule has 1 saturated heterocycles. The van der Waals surface area contributed by atoms with Crippen molar-refractivity contribution >= 4 is 23.2 Å². The molecule has 0 bridgehead atoms. The zero-order chi connectivity index (χ0) is 12.4. The number of rotatable bonds is 2. The average Bonchev–Trinajstić information content (AvgIpc) is 2.80. The fraction of sp³-hybridized carbons (Fsp3) is 0.417. The number of anilines is 1. The Morgan fingerprint density at radius 3 is 3.00 bits per heavy atom. The SMILES string of the molecule is Nc1cccc(C(=O)N2CCC(CO)C2)c1Cl. The predicted octanol–water partition coefficient (Wildman–Crippen LogP) is 1.38. The van der Waals surface area contributed by atoms with Crippen LogP contribution in [0.5, 0.6) is 0 Å². The number of aliphatic hydroxyl groups excluding tert-OH is 1. The zero-order valence-electron chi connectivity index (χ0n) is 9.40. The molecule has 0 saturated carbocycles. The lowest BCUT2D eigenvalue weighted by Crippen LogP contribution is -2.29. The van der Waals surface area contributed by atoms with Crippen LogP contribution >= 0.6 is 11.6 Å². The third kappa shape index (κ3) is 2.37. The molecule has 0 spiro atoms. The third-order valence-corrected chi connectivity index (χ3v) is 3.51. The molecule has 3 N–H and O–H groups in total. The van der Waals surface area contributed by atoms with Gasteiger partial charge in [0.1, 0.15) is 0 Å². The van der Waals surface area contributed by atoms with Crippen molar-refractivity contribution < 1.29 is 9.90 Å². The van der Waals surface area contributed by atoms with Gasteiger partial charge >= 0.3 is 0 Å². The molecule has 1 fully saturated rings. The minimum absolute atomic E-state index is 0.113. The first kappa shape index (κ1) is 12.2. The molecule has 1 aromatic carbocycles. The van der Waals surface area contributed by atoms with Crippen LogP contribution in [-0.4, -0.2) is 35.6 Å². The molecule has 1 heterocycles. The molecule has 1 aliphatic rings. The van der Waals surface area contributed by atoms with Crippen molar-refractivity contribution in [3.05, 3.63) is 28.8 Å². The highest BCUT2D eigenvalue weighted by Gasteiger charge is 2.27. The van der Waals surface area contributed by atoms with E-state index in [-0.39, 0.29) is 18.4 Å². The number of carbonyl (C=O) groups is 1. The van der Waals surface area contributed by atoms with Crippen LogP contribution in [0.2, 0.25) is 5.02 Å². The summed E-state index contributed by atoms with van der Waals surface area (Å²) in [6, 6.07) is 5.06. The molecule has 1 aliphatic heterocycles. The van der Waals surface area contributed by atoms with E-state index >= 15 is 0 Å². The summed E-state index contributed by atoms with van der Waals surface area (Å²) >= 11 is 6.01. The van der Waals surface area contributed by atoms with Gasteiger partial charge in [0.05, 0.1) is 16.3 Å². The van der Waals surface area contributed by atoms with Gasteiger partial charge in [0.25, 0.3) is 5.91 Å². The minimum Gasteiger partial charge on any atom is -0.398 e. The summed E-state index contributed by atoms with van der Waals surface area (Å²) < 4.78 is 0. The van der Waals surface area contributed by atoms with Crippen molar-refractivity contribution in [2.75, 3.05) is 25.4 Å². The van der Waals surface area contributed by atoms with Gasteiger partial charge in [-0.2, -0.15) is 0 Å². The predicted molar refractivity (Wildman–Crippen MR) is 67.0 cm³/mol. The van der Waals surface area contributed by atoms with Gasteiger partial charge in [-0.3, -0.25) is 4.79 Å². The number of nitrogens with two attached hydrogens (primary N) is 1. The summed E-state index contributed by atoms with van der Waals surface area (Å²) in [5.74, 6) is 0.0667. The first-order valence-corrected chi connectivity index (χ1v) is 5.95. The Morgan fingerprint density at radius 2 is 2.35 bits per heavy atom. The van der Waals surface area contributed by atoms with E-state index < -0.39 is 0 Å². The van der Waals surface area contributed by atoms with E-state index in [9.17, 15) is 4.79 Å². The van der Waals surface area contributed by atoms with E-state index in [0.717, 1.165) is 6.42 Å². The van der Waals surface area contributed by atoms with Gasteiger partial charge in [0, 0.05) is 25.6 Å². The smallest absolute Gasteiger partial charge is 0.255 e. The summed E-state index contributed by atoms with van der Waals surface area (Å²) in [6.07, 6.45) is 0.835. The van der Waals surface area contributed by atoms with Crippen molar-refractivity contribution in [3.8, 4) is 0 Å². The first-order chi connectivity index (χ1) is 8.13. The highest BCUT2D eigenvalue weighted by atomic mass is 35.5. The van der Waals surface area contributed by atoms with E-state index in [2.05, 4.69) is 0 Å². The van der Waals surface area contributed by atoms with Crippen molar-refractivity contribution in [1.29, 1.82) is 0 Å². The van der Waals surface area contributed by atoms with E-state index in [1.165, 1.54) is 0 Å². The van der Waals surface area contributed by atoms with Crippen molar-refractivity contribution in [3.63, 3.8) is 0 Å². The van der Waals surface area contributed by atoms with E-state index in [0.29, 0.717) is 29.4 Å². The number of nitrogen functional groups attached to an aromatic ring is 1. The Hall–Kier alpha value is -1.26. The zero-order valence-corrected chi connectivity index (χ0v) is 10.2. The maximum absolute atomic E-state index is 12.2. The molecule has 17 heavy (non-hydrogen) atoms. The second kappa shape index (κ2) is 4.94. The van der Waals surface area contributed by atoms with Crippen LogP contribution < -0.4 is 5.73 Å². The molecule has 4 nitrogen and oxygen atoms in total. The van der Waals surface area contributed by atoms with Crippen molar-refractivity contribution in [1.82, 2.24) is 4.90 Å². The molecule has 1 aromatic rings. The number of benzene rings is 1. The highest BCUT2D eigenvalue weighted by molar-refractivity contribution is 6.36. The third-order valence-electron chi connectivity index (χ3n) is 3.09.